The van der Waals surface area contributed by atoms with E-state index in [1.165, 1.54) is 18.3 Å². The van der Waals surface area contributed by atoms with E-state index in [1.54, 1.807) is 72.8 Å². The molecule has 0 heterocycles. The number of hydrogen-bond donors (Lipinski definition) is 1. The number of hydrazone groups is 1. The van der Waals surface area contributed by atoms with E-state index in [1.807, 2.05) is 19.1 Å². The van der Waals surface area contributed by atoms with Crippen LogP contribution in [0.1, 0.15) is 16.7 Å². The maximum atomic E-state index is 13.4. The number of halogens is 2. The van der Waals surface area contributed by atoms with E-state index in [9.17, 15) is 13.2 Å². The summed E-state index contributed by atoms with van der Waals surface area (Å²) in [7, 11) is -4.08. The van der Waals surface area contributed by atoms with Gasteiger partial charge in [0.2, 0.25) is 0 Å². The molecule has 0 saturated heterocycles. The highest BCUT2D eigenvalue weighted by Gasteiger charge is 2.28. The molecule has 0 fully saturated rings. The van der Waals surface area contributed by atoms with Crippen LogP contribution in [0.25, 0.3) is 0 Å². The molecule has 0 aromatic heterocycles. The van der Waals surface area contributed by atoms with Crippen LogP contribution < -0.4 is 14.5 Å². The molecular formula is C29H25Cl2N3O4S. The number of para-hydroxylation sites is 1. The Morgan fingerprint density at radius 2 is 1.59 bits per heavy atom. The van der Waals surface area contributed by atoms with Crippen molar-refractivity contribution in [3.8, 4) is 5.75 Å². The molecule has 4 aromatic rings. The molecule has 1 N–H and O–H groups in total. The molecule has 4 aromatic carbocycles. The Morgan fingerprint density at radius 1 is 0.923 bits per heavy atom. The van der Waals surface area contributed by atoms with Crippen molar-refractivity contribution < 1.29 is 17.9 Å². The molecular weight excluding hydrogens is 557 g/mol. The quantitative estimate of drug-likeness (QED) is 0.178. The first-order valence-corrected chi connectivity index (χ1v) is 14.0. The number of ether oxygens (including phenoxy) is 1. The molecule has 0 aliphatic rings. The number of anilines is 1. The Bertz CT molecular complexity index is 1560. The molecule has 0 bridgehead atoms. The zero-order valence-corrected chi connectivity index (χ0v) is 23.2. The van der Waals surface area contributed by atoms with Gasteiger partial charge in [0.15, 0.2) is 0 Å². The van der Waals surface area contributed by atoms with Gasteiger partial charge in [0.1, 0.15) is 18.9 Å². The number of amides is 1. The lowest BCUT2D eigenvalue weighted by atomic mass is 10.2. The lowest BCUT2D eigenvalue weighted by molar-refractivity contribution is -0.119. The Labute approximate surface area is 237 Å². The van der Waals surface area contributed by atoms with Gasteiger partial charge < -0.3 is 4.74 Å². The van der Waals surface area contributed by atoms with Crippen molar-refractivity contribution in [3.05, 3.63) is 124 Å². The second-order valence-electron chi connectivity index (χ2n) is 8.55. The standard InChI is InChI=1S/C29H25Cl2N3O4S/c1-21-6-16-26(17-7-21)39(36,37)34(28-5-3-2-4-27(28)31)19-29(35)33-32-18-22-10-14-25(15-11-22)38-20-23-8-12-24(30)13-9-23/h2-18H,19-20H2,1H3,(H,33,35)/b32-18-. The van der Waals surface area contributed by atoms with Crippen molar-refractivity contribution in [1.29, 1.82) is 0 Å². The summed E-state index contributed by atoms with van der Waals surface area (Å²) in [6.07, 6.45) is 1.45. The molecule has 4 rings (SSSR count). The summed E-state index contributed by atoms with van der Waals surface area (Å²) in [5.74, 6) is 0.0348. The topological polar surface area (TPSA) is 88.1 Å². The van der Waals surface area contributed by atoms with Gasteiger partial charge in [-0.15, -0.1) is 0 Å². The van der Waals surface area contributed by atoms with Crippen LogP contribution in [0.3, 0.4) is 0 Å². The molecule has 0 saturated carbocycles. The zero-order valence-electron chi connectivity index (χ0n) is 20.9. The van der Waals surface area contributed by atoms with Crippen LogP contribution in [0.4, 0.5) is 5.69 Å². The van der Waals surface area contributed by atoms with Crippen molar-refractivity contribution in [2.75, 3.05) is 10.8 Å². The van der Waals surface area contributed by atoms with Gasteiger partial charge in [0, 0.05) is 5.02 Å². The summed E-state index contributed by atoms with van der Waals surface area (Å²) < 4.78 is 33.6. The molecule has 0 radical (unpaired) electrons. The van der Waals surface area contributed by atoms with Gasteiger partial charge in [0.05, 0.1) is 21.8 Å². The number of aryl methyl sites for hydroxylation is 1. The third-order valence-electron chi connectivity index (χ3n) is 5.62. The van der Waals surface area contributed by atoms with Crippen LogP contribution in [0, 0.1) is 6.92 Å². The van der Waals surface area contributed by atoms with Crippen molar-refractivity contribution >= 4 is 51.0 Å². The molecule has 0 unspecified atom stereocenters. The summed E-state index contributed by atoms with van der Waals surface area (Å²) in [6, 6.07) is 27.3. The lowest BCUT2D eigenvalue weighted by Gasteiger charge is -2.24. The van der Waals surface area contributed by atoms with Crippen molar-refractivity contribution in [3.63, 3.8) is 0 Å². The Kier molecular flexibility index (Phi) is 9.24. The summed E-state index contributed by atoms with van der Waals surface area (Å²) in [5, 5.41) is 4.84. The third kappa shape index (κ3) is 7.60. The molecule has 1 amide bonds. The van der Waals surface area contributed by atoms with Gasteiger partial charge >= 0.3 is 0 Å². The molecule has 0 aliphatic carbocycles. The zero-order chi connectivity index (χ0) is 27.8. The average molecular weight is 583 g/mol. The molecule has 0 spiro atoms. The van der Waals surface area contributed by atoms with Crippen LogP contribution in [-0.2, 0) is 21.4 Å². The number of carbonyl (C=O) groups excluding carboxylic acids is 1. The van der Waals surface area contributed by atoms with E-state index in [-0.39, 0.29) is 15.6 Å². The Hall–Kier alpha value is -3.85. The fourth-order valence-corrected chi connectivity index (χ4v) is 5.39. The Morgan fingerprint density at radius 3 is 2.26 bits per heavy atom. The smallest absolute Gasteiger partial charge is 0.264 e. The molecule has 200 valence electrons. The van der Waals surface area contributed by atoms with Crippen LogP contribution in [-0.4, -0.2) is 27.1 Å². The van der Waals surface area contributed by atoms with Crippen LogP contribution in [0.2, 0.25) is 10.0 Å². The van der Waals surface area contributed by atoms with Gasteiger partial charge in [-0.1, -0.05) is 65.2 Å². The van der Waals surface area contributed by atoms with E-state index >= 15 is 0 Å². The fraction of sp³-hybridized carbons (Fsp3) is 0.103. The normalized spacial score (nSPS) is 11.4. The van der Waals surface area contributed by atoms with Crippen molar-refractivity contribution in [1.82, 2.24) is 5.43 Å². The van der Waals surface area contributed by atoms with Crippen molar-refractivity contribution in [2.45, 2.75) is 18.4 Å². The number of sulfonamides is 1. The minimum absolute atomic E-state index is 0.0442. The third-order valence-corrected chi connectivity index (χ3v) is 7.96. The highest BCUT2D eigenvalue weighted by molar-refractivity contribution is 7.92. The fourth-order valence-electron chi connectivity index (χ4n) is 3.53. The molecule has 0 aliphatic heterocycles. The second-order valence-corrected chi connectivity index (χ2v) is 11.3. The second kappa shape index (κ2) is 12.8. The van der Waals surface area contributed by atoms with Gasteiger partial charge in [0.25, 0.3) is 15.9 Å². The SMILES string of the molecule is Cc1ccc(S(=O)(=O)N(CC(=O)N/N=C\c2ccc(OCc3ccc(Cl)cc3)cc2)c2ccccc2Cl)cc1. The number of hydrogen-bond acceptors (Lipinski definition) is 5. The lowest BCUT2D eigenvalue weighted by Crippen LogP contribution is -2.39. The van der Waals surface area contributed by atoms with Crippen LogP contribution in [0.15, 0.2) is 107 Å². The Balaban J connectivity index is 1.41. The van der Waals surface area contributed by atoms with E-state index < -0.39 is 22.5 Å². The largest absolute Gasteiger partial charge is 0.489 e. The highest BCUT2D eigenvalue weighted by atomic mass is 35.5. The van der Waals surface area contributed by atoms with Gasteiger partial charge in [-0.2, -0.15) is 5.10 Å². The maximum absolute atomic E-state index is 13.4. The maximum Gasteiger partial charge on any atom is 0.264 e. The van der Waals surface area contributed by atoms with E-state index in [0.717, 1.165) is 15.4 Å². The van der Waals surface area contributed by atoms with Crippen LogP contribution in [0.5, 0.6) is 5.75 Å². The monoisotopic (exact) mass is 581 g/mol. The summed E-state index contributed by atoms with van der Waals surface area (Å²) in [4.78, 5) is 12.8. The first-order chi connectivity index (χ1) is 18.7. The number of rotatable bonds is 10. The molecule has 0 atom stereocenters. The van der Waals surface area contributed by atoms with E-state index in [0.29, 0.717) is 22.9 Å². The van der Waals surface area contributed by atoms with E-state index in [4.69, 9.17) is 27.9 Å². The summed E-state index contributed by atoms with van der Waals surface area (Å²) in [6.45, 7) is 1.73. The molecule has 7 nitrogen and oxygen atoms in total. The first-order valence-electron chi connectivity index (χ1n) is 11.9. The predicted molar refractivity (Wildman–Crippen MR) is 155 cm³/mol. The van der Waals surface area contributed by atoms with E-state index in [2.05, 4.69) is 10.5 Å². The average Bonchev–Trinajstić information content (AvgIpc) is 2.93. The molecule has 39 heavy (non-hydrogen) atoms. The van der Waals surface area contributed by atoms with Gasteiger partial charge in [-0.3, -0.25) is 9.10 Å². The number of nitrogens with zero attached hydrogens (tertiary/aromatic N) is 2. The summed E-state index contributed by atoms with van der Waals surface area (Å²) in [5.41, 5.74) is 5.19. The minimum Gasteiger partial charge on any atom is -0.489 e. The van der Waals surface area contributed by atoms with Crippen molar-refractivity contribution in [2.24, 2.45) is 5.10 Å². The summed E-state index contributed by atoms with van der Waals surface area (Å²) >= 11 is 12.2. The minimum atomic E-state index is -4.08. The van der Waals surface area contributed by atoms with Gasteiger partial charge in [-0.05, 0) is 78.7 Å². The number of nitrogens with one attached hydrogen (secondary N) is 1. The predicted octanol–water partition coefficient (Wildman–Crippen LogP) is 6.23. The highest BCUT2D eigenvalue weighted by Crippen LogP contribution is 2.30. The van der Waals surface area contributed by atoms with Gasteiger partial charge in [-0.25, -0.2) is 13.8 Å². The first kappa shape index (κ1) is 28.2. The molecule has 10 heteroatoms. The number of carbonyl (C=O) groups is 1. The number of benzene rings is 4. The van der Waals surface area contributed by atoms with Crippen LogP contribution >= 0.6 is 23.2 Å².